The van der Waals surface area contributed by atoms with E-state index in [-0.39, 0.29) is 5.69 Å². The second kappa shape index (κ2) is 6.03. The second-order valence-corrected chi connectivity index (χ2v) is 6.02. The fourth-order valence-electron chi connectivity index (χ4n) is 2.87. The maximum absolute atomic E-state index is 11.3. The lowest BCUT2D eigenvalue weighted by Crippen LogP contribution is -1.95. The molecule has 0 spiro atoms. The summed E-state index contributed by atoms with van der Waals surface area (Å²) in [5, 5.41) is 17.1. The number of halogens is 1. The third kappa shape index (κ3) is 2.75. The van der Waals surface area contributed by atoms with Crippen LogP contribution in [0.3, 0.4) is 0 Å². The number of para-hydroxylation sites is 1. The molecular weight excluding hydrogens is 338 g/mol. The van der Waals surface area contributed by atoms with Crippen LogP contribution in [-0.2, 0) is 0 Å². The van der Waals surface area contributed by atoms with Crippen LogP contribution in [0.5, 0.6) is 0 Å². The molecule has 1 aromatic heterocycles. The van der Waals surface area contributed by atoms with E-state index in [9.17, 15) is 10.1 Å². The molecule has 0 aliphatic heterocycles. The Morgan fingerprint density at radius 1 is 1.00 bits per heavy atom. The van der Waals surface area contributed by atoms with Crippen LogP contribution < -0.4 is 0 Å². The molecule has 0 fully saturated rings. The van der Waals surface area contributed by atoms with Gasteiger partial charge in [-0.05, 0) is 42.0 Å². The molecule has 0 radical (unpaired) electrons. The highest BCUT2D eigenvalue weighted by Gasteiger charge is 2.16. The molecular formula is C19H12ClN3O2. The molecule has 5 nitrogen and oxygen atoms in total. The molecule has 122 valence electrons. The fraction of sp³-hybridized carbons (Fsp3) is 0. The zero-order chi connectivity index (χ0) is 17.4. The maximum atomic E-state index is 11.3. The van der Waals surface area contributed by atoms with Crippen molar-refractivity contribution in [2.75, 3.05) is 0 Å². The Morgan fingerprint density at radius 2 is 1.80 bits per heavy atom. The van der Waals surface area contributed by atoms with Crippen LogP contribution in [0.1, 0.15) is 0 Å². The quantitative estimate of drug-likeness (QED) is 0.374. The predicted molar refractivity (Wildman–Crippen MR) is 98.2 cm³/mol. The number of hydrogen-bond acceptors (Lipinski definition) is 3. The summed E-state index contributed by atoms with van der Waals surface area (Å²) in [6, 6.07) is 20.0. The van der Waals surface area contributed by atoms with Gasteiger partial charge >= 0.3 is 0 Å². The summed E-state index contributed by atoms with van der Waals surface area (Å²) in [4.78, 5) is 10.9. The minimum atomic E-state index is -0.400. The Hall–Kier alpha value is -3.18. The van der Waals surface area contributed by atoms with Crippen LogP contribution in [0, 0.1) is 10.1 Å². The number of nitro benzene ring substituents is 1. The van der Waals surface area contributed by atoms with Crippen molar-refractivity contribution >= 4 is 28.2 Å². The topological polar surface area (TPSA) is 61.0 Å². The summed E-state index contributed by atoms with van der Waals surface area (Å²) in [5.41, 5.74) is 3.14. The zero-order valence-electron chi connectivity index (χ0n) is 13.0. The molecule has 0 aliphatic carbocycles. The number of nitrogens with zero attached hydrogens (tertiary/aromatic N) is 3. The molecule has 0 unspecified atom stereocenters. The van der Waals surface area contributed by atoms with Crippen molar-refractivity contribution in [1.82, 2.24) is 9.78 Å². The zero-order valence-corrected chi connectivity index (χ0v) is 13.7. The number of aromatic nitrogens is 2. The molecule has 0 saturated carbocycles. The SMILES string of the molecule is O=[N+]([O-])c1ccc(Cl)cc1-c1ccc2c(cnn2-c2ccccc2)c1. The van der Waals surface area contributed by atoms with E-state index < -0.39 is 4.92 Å². The Balaban J connectivity index is 1.87. The van der Waals surface area contributed by atoms with Gasteiger partial charge in [0.1, 0.15) is 0 Å². The highest BCUT2D eigenvalue weighted by Crippen LogP contribution is 2.34. The van der Waals surface area contributed by atoms with Gasteiger partial charge in [0, 0.05) is 16.5 Å². The van der Waals surface area contributed by atoms with E-state index in [2.05, 4.69) is 5.10 Å². The van der Waals surface area contributed by atoms with Gasteiger partial charge in [0.2, 0.25) is 0 Å². The first-order valence-corrected chi connectivity index (χ1v) is 7.99. The van der Waals surface area contributed by atoms with Crippen LogP contribution in [-0.4, -0.2) is 14.7 Å². The summed E-state index contributed by atoms with van der Waals surface area (Å²) in [5.74, 6) is 0. The number of hydrogen-bond donors (Lipinski definition) is 0. The smallest absolute Gasteiger partial charge is 0.258 e. The largest absolute Gasteiger partial charge is 0.277 e. The summed E-state index contributed by atoms with van der Waals surface area (Å²) in [6.07, 6.45) is 1.75. The Bertz CT molecular complexity index is 1090. The molecule has 0 saturated heterocycles. The third-order valence-electron chi connectivity index (χ3n) is 4.04. The van der Waals surface area contributed by atoms with Gasteiger partial charge in [-0.3, -0.25) is 10.1 Å². The summed E-state index contributed by atoms with van der Waals surface area (Å²) in [7, 11) is 0. The molecule has 6 heteroatoms. The summed E-state index contributed by atoms with van der Waals surface area (Å²) >= 11 is 6.03. The Kier molecular flexibility index (Phi) is 3.71. The van der Waals surface area contributed by atoms with E-state index in [1.54, 1.807) is 12.3 Å². The molecule has 0 atom stereocenters. The van der Waals surface area contributed by atoms with E-state index in [4.69, 9.17) is 11.6 Å². The fourth-order valence-corrected chi connectivity index (χ4v) is 3.05. The van der Waals surface area contributed by atoms with Crippen molar-refractivity contribution < 1.29 is 4.92 Å². The molecule has 25 heavy (non-hydrogen) atoms. The van der Waals surface area contributed by atoms with Gasteiger partial charge in [-0.15, -0.1) is 0 Å². The molecule has 0 amide bonds. The predicted octanol–water partition coefficient (Wildman–Crippen LogP) is 5.25. The van der Waals surface area contributed by atoms with Crippen molar-refractivity contribution in [2.24, 2.45) is 0 Å². The van der Waals surface area contributed by atoms with E-state index in [0.29, 0.717) is 10.6 Å². The van der Waals surface area contributed by atoms with Crippen LogP contribution in [0.2, 0.25) is 5.02 Å². The lowest BCUT2D eigenvalue weighted by Gasteiger charge is -2.06. The maximum Gasteiger partial charge on any atom is 0.277 e. The molecule has 0 aliphatic rings. The van der Waals surface area contributed by atoms with Crippen molar-refractivity contribution in [3.8, 4) is 16.8 Å². The molecule has 0 bridgehead atoms. The highest BCUT2D eigenvalue weighted by molar-refractivity contribution is 6.31. The van der Waals surface area contributed by atoms with Gasteiger partial charge in [-0.1, -0.05) is 35.9 Å². The van der Waals surface area contributed by atoms with E-state index in [1.165, 1.54) is 12.1 Å². The molecule has 4 aromatic rings. The van der Waals surface area contributed by atoms with E-state index >= 15 is 0 Å². The minimum absolute atomic E-state index is 0.0270. The normalized spacial score (nSPS) is 10.9. The Labute approximate surface area is 148 Å². The van der Waals surface area contributed by atoms with Crippen molar-refractivity contribution in [1.29, 1.82) is 0 Å². The molecule has 1 heterocycles. The molecule has 0 N–H and O–H groups in total. The number of fused-ring (bicyclic) bond motifs is 1. The molecule has 4 rings (SSSR count). The van der Waals surface area contributed by atoms with Crippen molar-refractivity contribution in [3.05, 3.63) is 88.1 Å². The Morgan fingerprint density at radius 3 is 2.56 bits per heavy atom. The van der Waals surface area contributed by atoms with Gasteiger partial charge < -0.3 is 0 Å². The first-order chi connectivity index (χ1) is 12.1. The number of nitro groups is 1. The standard InChI is InChI=1S/C19H12ClN3O2/c20-15-7-9-19(23(24)25)17(11-15)13-6-8-18-14(10-13)12-21-22(18)16-4-2-1-3-5-16/h1-12H. The first kappa shape index (κ1) is 15.4. The number of rotatable bonds is 3. The average Bonchev–Trinajstić information content (AvgIpc) is 3.05. The lowest BCUT2D eigenvalue weighted by atomic mass is 10.0. The van der Waals surface area contributed by atoms with Crippen LogP contribution >= 0.6 is 11.6 Å². The highest BCUT2D eigenvalue weighted by atomic mass is 35.5. The first-order valence-electron chi connectivity index (χ1n) is 7.61. The van der Waals surface area contributed by atoms with Gasteiger partial charge in [0.05, 0.1) is 27.9 Å². The second-order valence-electron chi connectivity index (χ2n) is 5.58. The summed E-state index contributed by atoms with van der Waals surface area (Å²) < 4.78 is 1.84. The van der Waals surface area contributed by atoms with Crippen molar-refractivity contribution in [2.45, 2.75) is 0 Å². The van der Waals surface area contributed by atoms with Crippen LogP contribution in [0.15, 0.2) is 72.9 Å². The van der Waals surface area contributed by atoms with E-state index in [1.807, 2.05) is 53.2 Å². The van der Waals surface area contributed by atoms with Gasteiger partial charge in [-0.25, -0.2) is 4.68 Å². The van der Waals surface area contributed by atoms with Crippen LogP contribution in [0.25, 0.3) is 27.7 Å². The van der Waals surface area contributed by atoms with Crippen molar-refractivity contribution in [3.63, 3.8) is 0 Å². The third-order valence-corrected chi connectivity index (χ3v) is 4.27. The lowest BCUT2D eigenvalue weighted by molar-refractivity contribution is -0.384. The van der Waals surface area contributed by atoms with Crippen LogP contribution in [0.4, 0.5) is 5.69 Å². The molecule has 3 aromatic carbocycles. The van der Waals surface area contributed by atoms with Gasteiger partial charge in [0.25, 0.3) is 5.69 Å². The summed E-state index contributed by atoms with van der Waals surface area (Å²) in [6.45, 7) is 0. The monoisotopic (exact) mass is 349 g/mol. The van der Waals surface area contributed by atoms with Gasteiger partial charge in [0.15, 0.2) is 0 Å². The van der Waals surface area contributed by atoms with Gasteiger partial charge in [-0.2, -0.15) is 5.10 Å². The average molecular weight is 350 g/mol. The number of benzene rings is 3. The van der Waals surface area contributed by atoms with E-state index in [0.717, 1.165) is 22.2 Å². The minimum Gasteiger partial charge on any atom is -0.258 e.